The molecule has 0 saturated heterocycles. The SMILES string of the molecule is O=C(Nc1cncc(C(F)(F)F)c1)c1n[nH]c2ccc(-c3cccnc3)cc12. The Morgan fingerprint density at radius 3 is 2.61 bits per heavy atom. The van der Waals surface area contributed by atoms with Crippen LogP contribution in [-0.2, 0) is 6.18 Å². The molecular formula is C19H12F3N5O. The van der Waals surface area contributed by atoms with Crippen LogP contribution in [-0.4, -0.2) is 26.1 Å². The van der Waals surface area contributed by atoms with Crippen LogP contribution in [0.2, 0.25) is 0 Å². The van der Waals surface area contributed by atoms with Crippen molar-refractivity contribution < 1.29 is 18.0 Å². The summed E-state index contributed by atoms with van der Waals surface area (Å²) in [5.41, 5.74) is 1.37. The molecule has 0 bridgehead atoms. The first-order valence-electron chi connectivity index (χ1n) is 8.14. The monoisotopic (exact) mass is 383 g/mol. The van der Waals surface area contributed by atoms with Gasteiger partial charge in [-0.25, -0.2) is 0 Å². The largest absolute Gasteiger partial charge is 0.417 e. The van der Waals surface area contributed by atoms with Crippen LogP contribution >= 0.6 is 0 Å². The number of alkyl halides is 3. The Morgan fingerprint density at radius 1 is 1.00 bits per heavy atom. The van der Waals surface area contributed by atoms with E-state index in [9.17, 15) is 18.0 Å². The van der Waals surface area contributed by atoms with E-state index in [1.807, 2.05) is 12.1 Å². The van der Waals surface area contributed by atoms with Crippen molar-refractivity contribution in [3.8, 4) is 11.1 Å². The molecule has 0 saturated carbocycles. The van der Waals surface area contributed by atoms with Crippen LogP contribution < -0.4 is 5.32 Å². The second kappa shape index (κ2) is 6.76. The van der Waals surface area contributed by atoms with Gasteiger partial charge in [-0.2, -0.15) is 18.3 Å². The number of pyridine rings is 2. The number of nitrogens with zero attached hydrogens (tertiary/aromatic N) is 3. The van der Waals surface area contributed by atoms with Crippen LogP contribution in [0, 0.1) is 0 Å². The van der Waals surface area contributed by atoms with Gasteiger partial charge in [-0.05, 0) is 29.8 Å². The molecule has 3 heterocycles. The molecule has 140 valence electrons. The van der Waals surface area contributed by atoms with Crippen molar-refractivity contribution >= 4 is 22.5 Å². The Morgan fingerprint density at radius 2 is 1.86 bits per heavy atom. The Bertz CT molecular complexity index is 1160. The average molecular weight is 383 g/mol. The summed E-state index contributed by atoms with van der Waals surface area (Å²) in [4.78, 5) is 20.2. The number of hydrogen-bond donors (Lipinski definition) is 2. The molecule has 0 radical (unpaired) electrons. The van der Waals surface area contributed by atoms with E-state index < -0.39 is 17.6 Å². The lowest BCUT2D eigenvalue weighted by Gasteiger charge is -2.08. The predicted molar refractivity (Wildman–Crippen MR) is 96.5 cm³/mol. The molecular weight excluding hydrogens is 371 g/mol. The van der Waals surface area contributed by atoms with E-state index in [0.29, 0.717) is 17.1 Å². The van der Waals surface area contributed by atoms with Gasteiger partial charge >= 0.3 is 6.18 Å². The van der Waals surface area contributed by atoms with Gasteiger partial charge in [-0.3, -0.25) is 19.9 Å². The molecule has 1 aromatic carbocycles. The zero-order chi connectivity index (χ0) is 19.7. The molecule has 0 spiro atoms. The van der Waals surface area contributed by atoms with Crippen molar-refractivity contribution in [2.75, 3.05) is 5.32 Å². The first-order chi connectivity index (χ1) is 13.4. The van der Waals surface area contributed by atoms with E-state index in [1.165, 1.54) is 0 Å². The standard InChI is InChI=1S/C19H12F3N5O/c20-19(21,22)13-7-14(10-24-9-13)25-18(28)17-15-6-11(3-4-16(15)26-27-17)12-2-1-5-23-8-12/h1-10H,(H,25,28)(H,26,27). The van der Waals surface area contributed by atoms with Gasteiger partial charge in [0.15, 0.2) is 5.69 Å². The third-order valence-electron chi connectivity index (χ3n) is 4.10. The molecule has 0 fully saturated rings. The first kappa shape index (κ1) is 17.7. The Hall–Kier alpha value is -3.75. The maximum atomic E-state index is 12.8. The number of fused-ring (bicyclic) bond motifs is 1. The smallest absolute Gasteiger partial charge is 0.319 e. The zero-order valence-electron chi connectivity index (χ0n) is 14.2. The summed E-state index contributed by atoms with van der Waals surface area (Å²) >= 11 is 0. The van der Waals surface area contributed by atoms with Crippen molar-refractivity contribution in [2.24, 2.45) is 0 Å². The first-order valence-corrected chi connectivity index (χ1v) is 8.14. The second-order valence-electron chi connectivity index (χ2n) is 5.99. The van der Waals surface area contributed by atoms with Gasteiger partial charge in [0.1, 0.15) is 0 Å². The lowest BCUT2D eigenvalue weighted by Crippen LogP contribution is -2.14. The van der Waals surface area contributed by atoms with E-state index in [1.54, 1.807) is 30.6 Å². The lowest BCUT2D eigenvalue weighted by molar-refractivity contribution is -0.137. The summed E-state index contributed by atoms with van der Waals surface area (Å²) < 4.78 is 38.5. The molecule has 28 heavy (non-hydrogen) atoms. The highest BCUT2D eigenvalue weighted by atomic mass is 19.4. The van der Waals surface area contributed by atoms with Crippen LogP contribution in [0.25, 0.3) is 22.0 Å². The highest BCUT2D eigenvalue weighted by molar-refractivity contribution is 6.11. The van der Waals surface area contributed by atoms with Crippen LogP contribution in [0.5, 0.6) is 0 Å². The third-order valence-corrected chi connectivity index (χ3v) is 4.10. The number of carbonyl (C=O) groups is 1. The molecule has 9 heteroatoms. The minimum atomic E-state index is -4.55. The molecule has 0 aliphatic rings. The van der Waals surface area contributed by atoms with Crippen LogP contribution in [0.15, 0.2) is 61.2 Å². The average Bonchev–Trinajstić information content (AvgIpc) is 3.11. The molecule has 1 amide bonds. The fourth-order valence-electron chi connectivity index (χ4n) is 2.75. The van der Waals surface area contributed by atoms with Gasteiger partial charge in [0.05, 0.1) is 23.0 Å². The van der Waals surface area contributed by atoms with Crippen molar-refractivity contribution in [1.29, 1.82) is 0 Å². The van der Waals surface area contributed by atoms with Gasteiger partial charge in [0, 0.05) is 29.5 Å². The minimum Gasteiger partial charge on any atom is -0.319 e. The number of rotatable bonds is 3. The number of amides is 1. The third kappa shape index (κ3) is 3.41. The van der Waals surface area contributed by atoms with E-state index in [-0.39, 0.29) is 11.4 Å². The van der Waals surface area contributed by atoms with Gasteiger partial charge < -0.3 is 5.32 Å². The van der Waals surface area contributed by atoms with E-state index in [0.717, 1.165) is 23.4 Å². The summed E-state index contributed by atoms with van der Waals surface area (Å²) in [6.07, 6.45) is 0.630. The van der Waals surface area contributed by atoms with Crippen molar-refractivity contribution in [3.63, 3.8) is 0 Å². The molecule has 4 aromatic rings. The fraction of sp³-hybridized carbons (Fsp3) is 0.0526. The molecule has 0 atom stereocenters. The summed E-state index contributed by atoms with van der Waals surface area (Å²) in [6, 6.07) is 9.89. The summed E-state index contributed by atoms with van der Waals surface area (Å²) in [5.74, 6) is -0.643. The molecule has 4 rings (SSSR count). The van der Waals surface area contributed by atoms with E-state index in [2.05, 4.69) is 25.5 Å². The van der Waals surface area contributed by atoms with Crippen LogP contribution in [0.3, 0.4) is 0 Å². The summed E-state index contributed by atoms with van der Waals surface area (Å²) in [6.45, 7) is 0. The number of halogens is 3. The number of anilines is 1. The Labute approximate surface area is 156 Å². The maximum Gasteiger partial charge on any atom is 0.417 e. The van der Waals surface area contributed by atoms with Crippen molar-refractivity contribution in [2.45, 2.75) is 6.18 Å². The Kier molecular flexibility index (Phi) is 4.26. The number of benzene rings is 1. The fourth-order valence-corrected chi connectivity index (χ4v) is 2.75. The van der Waals surface area contributed by atoms with Crippen LogP contribution in [0.4, 0.5) is 18.9 Å². The lowest BCUT2D eigenvalue weighted by atomic mass is 10.0. The van der Waals surface area contributed by atoms with Gasteiger partial charge in [-0.1, -0.05) is 12.1 Å². The minimum absolute atomic E-state index is 0.0677. The summed E-state index contributed by atoms with van der Waals surface area (Å²) in [7, 11) is 0. The maximum absolute atomic E-state index is 12.8. The number of nitrogens with one attached hydrogen (secondary N) is 2. The molecule has 0 aliphatic carbocycles. The van der Waals surface area contributed by atoms with Gasteiger partial charge in [0.25, 0.3) is 5.91 Å². The normalized spacial score (nSPS) is 11.5. The molecule has 0 unspecified atom stereocenters. The van der Waals surface area contributed by atoms with Gasteiger partial charge in [0.2, 0.25) is 0 Å². The number of aromatic amines is 1. The molecule has 2 N–H and O–H groups in total. The molecule has 0 aliphatic heterocycles. The molecule has 3 aromatic heterocycles. The number of hydrogen-bond acceptors (Lipinski definition) is 4. The predicted octanol–water partition coefficient (Wildman–Crippen LogP) is 4.29. The number of aromatic nitrogens is 4. The molecule has 6 nitrogen and oxygen atoms in total. The van der Waals surface area contributed by atoms with E-state index >= 15 is 0 Å². The van der Waals surface area contributed by atoms with Crippen LogP contribution in [0.1, 0.15) is 16.1 Å². The Balaban J connectivity index is 1.66. The van der Waals surface area contributed by atoms with Crippen molar-refractivity contribution in [3.05, 3.63) is 72.4 Å². The second-order valence-corrected chi connectivity index (χ2v) is 5.99. The number of carbonyl (C=O) groups excluding carboxylic acids is 1. The highest BCUT2D eigenvalue weighted by Crippen LogP contribution is 2.30. The van der Waals surface area contributed by atoms with E-state index in [4.69, 9.17) is 0 Å². The highest BCUT2D eigenvalue weighted by Gasteiger charge is 2.31. The van der Waals surface area contributed by atoms with Gasteiger partial charge in [-0.15, -0.1) is 0 Å². The number of H-pyrrole nitrogens is 1. The summed E-state index contributed by atoms with van der Waals surface area (Å²) in [5, 5.41) is 9.70. The zero-order valence-corrected chi connectivity index (χ0v) is 14.2. The van der Waals surface area contributed by atoms with Crippen molar-refractivity contribution in [1.82, 2.24) is 20.2 Å². The topological polar surface area (TPSA) is 83.6 Å². The quantitative estimate of drug-likeness (QED) is 0.553.